The summed E-state index contributed by atoms with van der Waals surface area (Å²) < 4.78 is 0. The number of nitrogens with two attached hydrogens (primary N) is 1. The van der Waals surface area contributed by atoms with Gasteiger partial charge >= 0.3 is 0 Å². The molecule has 0 atom stereocenters. The Morgan fingerprint density at radius 3 is 2.39 bits per heavy atom. The lowest BCUT2D eigenvalue weighted by atomic mass is 9.86. The van der Waals surface area contributed by atoms with E-state index in [1.54, 1.807) is 12.3 Å². The molecule has 2 aromatic rings. The first kappa shape index (κ1) is 12.1. The first-order valence-electron chi connectivity index (χ1n) is 5.76. The lowest BCUT2D eigenvalue weighted by Crippen LogP contribution is -2.13. The molecule has 0 radical (unpaired) electrons. The van der Waals surface area contributed by atoms with E-state index < -0.39 is 5.41 Å². The molecule has 90 valence electrons. The molecule has 18 heavy (non-hydrogen) atoms. The fourth-order valence-corrected chi connectivity index (χ4v) is 1.73. The Labute approximate surface area is 107 Å². The second-order valence-electron chi connectivity index (χ2n) is 4.79. The third-order valence-electron chi connectivity index (χ3n) is 2.97. The maximum absolute atomic E-state index is 9.09. The zero-order chi connectivity index (χ0) is 13.2. The van der Waals surface area contributed by atoms with Crippen LogP contribution >= 0.6 is 0 Å². The Balaban J connectivity index is 2.37. The highest BCUT2D eigenvalue weighted by Gasteiger charge is 2.19. The van der Waals surface area contributed by atoms with Crippen molar-refractivity contribution in [2.45, 2.75) is 19.3 Å². The van der Waals surface area contributed by atoms with E-state index in [1.165, 1.54) is 0 Å². The molecule has 0 aliphatic heterocycles. The highest BCUT2D eigenvalue weighted by atomic mass is 14.7. The van der Waals surface area contributed by atoms with E-state index in [1.807, 2.05) is 44.2 Å². The van der Waals surface area contributed by atoms with Gasteiger partial charge in [0.2, 0.25) is 0 Å². The van der Waals surface area contributed by atoms with Crippen molar-refractivity contribution in [2.24, 2.45) is 0 Å². The van der Waals surface area contributed by atoms with Crippen molar-refractivity contribution in [1.82, 2.24) is 4.98 Å². The van der Waals surface area contributed by atoms with Gasteiger partial charge in [0.15, 0.2) is 0 Å². The minimum absolute atomic E-state index is 0.471. The Morgan fingerprint density at radius 1 is 1.17 bits per heavy atom. The molecular weight excluding hydrogens is 222 g/mol. The van der Waals surface area contributed by atoms with Crippen molar-refractivity contribution in [3.05, 3.63) is 48.2 Å². The highest BCUT2D eigenvalue weighted by Crippen LogP contribution is 2.25. The molecule has 2 rings (SSSR count). The van der Waals surface area contributed by atoms with Crippen molar-refractivity contribution in [1.29, 1.82) is 5.26 Å². The maximum Gasteiger partial charge on any atom is 0.0766 e. The molecule has 0 saturated carbocycles. The molecule has 1 aromatic carbocycles. The Bertz CT molecular complexity index is 592. The molecule has 3 heteroatoms. The van der Waals surface area contributed by atoms with E-state index in [9.17, 15) is 0 Å². The molecule has 0 bridgehead atoms. The zero-order valence-electron chi connectivity index (χ0n) is 10.5. The first-order chi connectivity index (χ1) is 8.53. The maximum atomic E-state index is 9.09. The minimum Gasteiger partial charge on any atom is -0.399 e. The Kier molecular flexibility index (Phi) is 3.03. The molecule has 2 N–H and O–H groups in total. The van der Waals surface area contributed by atoms with Crippen molar-refractivity contribution in [2.75, 3.05) is 5.73 Å². The predicted octanol–water partition coefficient (Wildman–Crippen LogP) is 3.13. The number of hydrogen-bond acceptors (Lipinski definition) is 3. The van der Waals surface area contributed by atoms with Crippen LogP contribution < -0.4 is 5.73 Å². The normalized spacial score (nSPS) is 10.9. The van der Waals surface area contributed by atoms with E-state index >= 15 is 0 Å². The highest BCUT2D eigenvalue weighted by molar-refractivity contribution is 5.63. The summed E-state index contributed by atoms with van der Waals surface area (Å²) in [6, 6.07) is 13.7. The fraction of sp³-hybridized carbons (Fsp3) is 0.200. The average Bonchev–Trinajstić information content (AvgIpc) is 2.39. The number of nitriles is 1. The molecule has 0 unspecified atom stereocenters. The number of benzene rings is 1. The van der Waals surface area contributed by atoms with Gasteiger partial charge in [0.1, 0.15) is 0 Å². The number of rotatable bonds is 2. The second kappa shape index (κ2) is 4.50. The van der Waals surface area contributed by atoms with Crippen LogP contribution in [0.1, 0.15) is 19.4 Å². The molecule has 1 aromatic heterocycles. The average molecular weight is 237 g/mol. The zero-order valence-corrected chi connectivity index (χ0v) is 10.5. The standard InChI is InChI=1S/C15H15N3/c1-15(2,10-16)12-5-3-11(4-6-12)14-9-13(17)7-8-18-14/h3-9H,1-2H3,(H2,17,18). The Morgan fingerprint density at radius 2 is 1.83 bits per heavy atom. The second-order valence-corrected chi connectivity index (χ2v) is 4.79. The first-order valence-corrected chi connectivity index (χ1v) is 5.76. The van der Waals surface area contributed by atoms with Crippen molar-refractivity contribution >= 4 is 5.69 Å². The van der Waals surface area contributed by atoms with Gasteiger partial charge in [-0.05, 0) is 31.5 Å². The van der Waals surface area contributed by atoms with E-state index in [2.05, 4.69) is 11.1 Å². The van der Waals surface area contributed by atoms with Crippen LogP contribution in [0.15, 0.2) is 42.6 Å². The molecule has 0 saturated heterocycles. The molecule has 0 spiro atoms. The molecule has 3 nitrogen and oxygen atoms in total. The van der Waals surface area contributed by atoms with Crippen LogP contribution in [0, 0.1) is 11.3 Å². The summed E-state index contributed by atoms with van der Waals surface area (Å²) in [6.45, 7) is 3.81. The molecule has 0 fully saturated rings. The van der Waals surface area contributed by atoms with Crippen LogP contribution in [-0.4, -0.2) is 4.98 Å². The van der Waals surface area contributed by atoms with Crippen molar-refractivity contribution in [3.8, 4) is 17.3 Å². The molecular formula is C15H15N3. The number of pyridine rings is 1. The quantitative estimate of drug-likeness (QED) is 0.872. The van der Waals surface area contributed by atoms with Crippen LogP contribution in [-0.2, 0) is 5.41 Å². The van der Waals surface area contributed by atoms with Gasteiger partial charge in [-0.2, -0.15) is 5.26 Å². The minimum atomic E-state index is -0.471. The van der Waals surface area contributed by atoms with Crippen molar-refractivity contribution in [3.63, 3.8) is 0 Å². The third kappa shape index (κ3) is 2.33. The van der Waals surface area contributed by atoms with Gasteiger partial charge in [0.05, 0.1) is 17.2 Å². The monoisotopic (exact) mass is 237 g/mol. The molecule has 0 aliphatic rings. The van der Waals surface area contributed by atoms with E-state index in [4.69, 9.17) is 11.0 Å². The summed E-state index contributed by atoms with van der Waals surface area (Å²) in [5.74, 6) is 0. The summed E-state index contributed by atoms with van der Waals surface area (Å²) in [5, 5.41) is 9.09. The summed E-state index contributed by atoms with van der Waals surface area (Å²) >= 11 is 0. The molecule has 0 amide bonds. The molecule has 0 aliphatic carbocycles. The lowest BCUT2D eigenvalue weighted by molar-refractivity contribution is 0.687. The van der Waals surface area contributed by atoms with Gasteiger partial charge in [-0.3, -0.25) is 4.98 Å². The van der Waals surface area contributed by atoms with Gasteiger partial charge in [0.25, 0.3) is 0 Å². The number of hydrogen-bond donors (Lipinski definition) is 1. The number of aromatic nitrogens is 1. The van der Waals surface area contributed by atoms with Crippen LogP contribution in [0.5, 0.6) is 0 Å². The van der Waals surface area contributed by atoms with E-state index in [0.29, 0.717) is 5.69 Å². The van der Waals surface area contributed by atoms with Gasteiger partial charge in [-0.1, -0.05) is 24.3 Å². The summed E-state index contributed by atoms with van der Waals surface area (Å²) in [4.78, 5) is 4.28. The van der Waals surface area contributed by atoms with Gasteiger partial charge in [0, 0.05) is 17.4 Å². The number of anilines is 1. The topological polar surface area (TPSA) is 62.7 Å². The van der Waals surface area contributed by atoms with E-state index in [-0.39, 0.29) is 0 Å². The van der Waals surface area contributed by atoms with Crippen LogP contribution in [0.3, 0.4) is 0 Å². The molecule has 1 heterocycles. The summed E-state index contributed by atoms with van der Waals surface area (Å²) in [5.41, 5.74) is 8.80. The van der Waals surface area contributed by atoms with Crippen molar-refractivity contribution < 1.29 is 0 Å². The predicted molar refractivity (Wildman–Crippen MR) is 72.7 cm³/mol. The third-order valence-corrected chi connectivity index (χ3v) is 2.97. The Hall–Kier alpha value is -2.34. The fourth-order valence-electron chi connectivity index (χ4n) is 1.73. The van der Waals surface area contributed by atoms with Gasteiger partial charge in [-0.15, -0.1) is 0 Å². The van der Waals surface area contributed by atoms with Gasteiger partial charge < -0.3 is 5.73 Å². The van der Waals surface area contributed by atoms with Crippen LogP contribution in [0.25, 0.3) is 11.3 Å². The SMILES string of the molecule is CC(C)(C#N)c1ccc(-c2cc(N)ccn2)cc1. The number of nitrogen functional groups attached to an aromatic ring is 1. The summed E-state index contributed by atoms with van der Waals surface area (Å²) in [6.07, 6.45) is 1.69. The smallest absolute Gasteiger partial charge is 0.0766 e. The summed E-state index contributed by atoms with van der Waals surface area (Å²) in [7, 11) is 0. The van der Waals surface area contributed by atoms with Gasteiger partial charge in [-0.25, -0.2) is 0 Å². The van der Waals surface area contributed by atoms with Crippen LogP contribution in [0.2, 0.25) is 0 Å². The number of nitrogens with zero attached hydrogens (tertiary/aromatic N) is 2. The van der Waals surface area contributed by atoms with Crippen LogP contribution in [0.4, 0.5) is 5.69 Å². The lowest BCUT2D eigenvalue weighted by Gasteiger charge is -2.15. The van der Waals surface area contributed by atoms with E-state index in [0.717, 1.165) is 16.8 Å². The largest absolute Gasteiger partial charge is 0.399 e.